The highest BCUT2D eigenvalue weighted by Crippen LogP contribution is 2.29. The van der Waals surface area contributed by atoms with Crippen molar-refractivity contribution in [1.29, 1.82) is 0 Å². The SMILES string of the molecule is CCCn1nccc1C(NC)c1ccc(Cl)c(Br)c1. The van der Waals surface area contributed by atoms with Crippen LogP contribution in [0.1, 0.15) is 30.6 Å². The van der Waals surface area contributed by atoms with Crippen molar-refractivity contribution in [1.82, 2.24) is 15.1 Å². The molecule has 0 saturated heterocycles. The third kappa shape index (κ3) is 3.19. The molecular weight excluding hydrogens is 326 g/mol. The van der Waals surface area contributed by atoms with Gasteiger partial charge in [-0.25, -0.2) is 0 Å². The Morgan fingerprint density at radius 3 is 2.84 bits per heavy atom. The number of hydrogen-bond donors (Lipinski definition) is 1. The topological polar surface area (TPSA) is 29.9 Å². The number of halogens is 2. The normalized spacial score (nSPS) is 12.6. The smallest absolute Gasteiger partial charge is 0.0746 e. The van der Waals surface area contributed by atoms with Gasteiger partial charge in [-0.05, 0) is 53.2 Å². The number of benzene rings is 1. The zero-order valence-electron chi connectivity index (χ0n) is 11.0. The van der Waals surface area contributed by atoms with E-state index >= 15 is 0 Å². The lowest BCUT2D eigenvalue weighted by atomic mass is 10.0. The Kier molecular flexibility index (Phi) is 5.02. The molecule has 0 bridgehead atoms. The van der Waals surface area contributed by atoms with Crippen molar-refractivity contribution in [3.8, 4) is 0 Å². The summed E-state index contributed by atoms with van der Waals surface area (Å²) in [5.74, 6) is 0. The zero-order chi connectivity index (χ0) is 13.8. The second kappa shape index (κ2) is 6.55. The van der Waals surface area contributed by atoms with Crippen molar-refractivity contribution in [2.45, 2.75) is 25.9 Å². The first-order valence-corrected chi connectivity index (χ1v) is 7.48. The Bertz CT molecular complexity index is 553. The third-order valence-electron chi connectivity index (χ3n) is 3.05. The monoisotopic (exact) mass is 341 g/mol. The van der Waals surface area contributed by atoms with Crippen LogP contribution >= 0.6 is 27.5 Å². The number of rotatable bonds is 5. The Balaban J connectivity index is 2.38. The van der Waals surface area contributed by atoms with Crippen molar-refractivity contribution >= 4 is 27.5 Å². The minimum atomic E-state index is 0.114. The minimum absolute atomic E-state index is 0.114. The first kappa shape index (κ1) is 14.6. The zero-order valence-corrected chi connectivity index (χ0v) is 13.4. The summed E-state index contributed by atoms with van der Waals surface area (Å²) < 4.78 is 2.96. The molecule has 19 heavy (non-hydrogen) atoms. The predicted octanol–water partition coefficient (Wildman–Crippen LogP) is 4.02. The number of aromatic nitrogens is 2. The summed E-state index contributed by atoms with van der Waals surface area (Å²) in [7, 11) is 1.95. The molecule has 0 radical (unpaired) electrons. The van der Waals surface area contributed by atoms with Crippen LogP contribution in [0.5, 0.6) is 0 Å². The molecule has 1 aromatic heterocycles. The molecule has 0 spiro atoms. The van der Waals surface area contributed by atoms with Gasteiger partial charge in [0.1, 0.15) is 0 Å². The van der Waals surface area contributed by atoms with Crippen molar-refractivity contribution < 1.29 is 0 Å². The van der Waals surface area contributed by atoms with E-state index in [0.29, 0.717) is 0 Å². The van der Waals surface area contributed by atoms with Crippen molar-refractivity contribution in [3.63, 3.8) is 0 Å². The molecule has 0 amide bonds. The van der Waals surface area contributed by atoms with Gasteiger partial charge in [0, 0.05) is 17.2 Å². The average molecular weight is 343 g/mol. The van der Waals surface area contributed by atoms with E-state index in [9.17, 15) is 0 Å². The van der Waals surface area contributed by atoms with Gasteiger partial charge in [0.15, 0.2) is 0 Å². The first-order chi connectivity index (χ1) is 9.17. The number of aryl methyl sites for hydroxylation is 1. The fraction of sp³-hybridized carbons (Fsp3) is 0.357. The van der Waals surface area contributed by atoms with Crippen molar-refractivity contribution in [2.24, 2.45) is 0 Å². The standard InChI is InChI=1S/C14H17BrClN3/c1-3-8-19-13(6-7-18-19)14(17-2)10-4-5-12(16)11(15)9-10/h4-7,9,14,17H,3,8H2,1-2H3. The fourth-order valence-electron chi connectivity index (χ4n) is 2.16. The highest BCUT2D eigenvalue weighted by atomic mass is 79.9. The molecule has 1 aromatic carbocycles. The summed E-state index contributed by atoms with van der Waals surface area (Å²) in [6.45, 7) is 3.08. The van der Waals surface area contributed by atoms with Crippen LogP contribution in [0.15, 0.2) is 34.9 Å². The molecule has 0 aliphatic heterocycles. The maximum Gasteiger partial charge on any atom is 0.0746 e. The van der Waals surface area contributed by atoms with Crippen LogP contribution in [0.3, 0.4) is 0 Å². The highest BCUT2D eigenvalue weighted by Gasteiger charge is 2.17. The highest BCUT2D eigenvalue weighted by molar-refractivity contribution is 9.10. The van der Waals surface area contributed by atoms with Crippen LogP contribution in [0.25, 0.3) is 0 Å². The van der Waals surface area contributed by atoms with E-state index in [2.05, 4.69) is 39.3 Å². The molecule has 0 aliphatic carbocycles. The van der Waals surface area contributed by atoms with E-state index < -0.39 is 0 Å². The van der Waals surface area contributed by atoms with Crippen molar-refractivity contribution in [2.75, 3.05) is 7.05 Å². The molecule has 0 fully saturated rings. The lowest BCUT2D eigenvalue weighted by Gasteiger charge is -2.19. The van der Waals surface area contributed by atoms with Gasteiger partial charge in [-0.2, -0.15) is 5.10 Å². The van der Waals surface area contributed by atoms with Gasteiger partial charge < -0.3 is 5.32 Å². The predicted molar refractivity (Wildman–Crippen MR) is 82.6 cm³/mol. The second-order valence-electron chi connectivity index (χ2n) is 4.37. The second-order valence-corrected chi connectivity index (χ2v) is 5.64. The maximum absolute atomic E-state index is 6.05. The average Bonchev–Trinajstić information content (AvgIpc) is 2.83. The summed E-state index contributed by atoms with van der Waals surface area (Å²) in [6.07, 6.45) is 2.91. The molecule has 1 heterocycles. The molecule has 2 aromatic rings. The van der Waals surface area contributed by atoms with Gasteiger partial charge in [-0.15, -0.1) is 0 Å². The first-order valence-electron chi connectivity index (χ1n) is 6.31. The maximum atomic E-state index is 6.05. The Labute approximate surface area is 127 Å². The summed E-state index contributed by atoms with van der Waals surface area (Å²) >= 11 is 9.52. The molecule has 1 unspecified atom stereocenters. The van der Waals surface area contributed by atoms with E-state index in [0.717, 1.165) is 28.0 Å². The van der Waals surface area contributed by atoms with Crippen LogP contribution in [0.2, 0.25) is 5.02 Å². The summed E-state index contributed by atoms with van der Waals surface area (Å²) in [6, 6.07) is 8.16. The molecular formula is C14H17BrClN3. The fourth-order valence-corrected chi connectivity index (χ4v) is 2.68. The summed E-state index contributed by atoms with van der Waals surface area (Å²) in [5, 5.41) is 8.44. The van der Waals surface area contributed by atoms with Crippen LogP contribution in [-0.2, 0) is 6.54 Å². The lowest BCUT2D eigenvalue weighted by molar-refractivity contribution is 0.534. The molecule has 102 valence electrons. The van der Waals surface area contributed by atoms with Gasteiger partial charge in [0.05, 0.1) is 16.8 Å². The molecule has 3 nitrogen and oxygen atoms in total. The third-order valence-corrected chi connectivity index (χ3v) is 4.26. The summed E-state index contributed by atoms with van der Waals surface area (Å²) in [5.41, 5.74) is 2.33. The molecule has 0 saturated carbocycles. The molecule has 2 rings (SSSR count). The van der Waals surface area contributed by atoms with E-state index in [1.165, 1.54) is 5.69 Å². The van der Waals surface area contributed by atoms with Gasteiger partial charge in [0.25, 0.3) is 0 Å². The van der Waals surface area contributed by atoms with E-state index in [1.54, 1.807) is 0 Å². The van der Waals surface area contributed by atoms with Crippen LogP contribution < -0.4 is 5.32 Å². The molecule has 0 aliphatic rings. The van der Waals surface area contributed by atoms with Crippen LogP contribution in [-0.4, -0.2) is 16.8 Å². The number of nitrogens with one attached hydrogen (secondary N) is 1. The number of hydrogen-bond acceptors (Lipinski definition) is 2. The van der Waals surface area contributed by atoms with E-state index in [4.69, 9.17) is 11.6 Å². The molecule has 1 atom stereocenters. The quantitative estimate of drug-likeness (QED) is 0.889. The van der Waals surface area contributed by atoms with Gasteiger partial charge >= 0.3 is 0 Å². The van der Waals surface area contributed by atoms with Crippen molar-refractivity contribution in [3.05, 3.63) is 51.2 Å². The van der Waals surface area contributed by atoms with E-state index in [-0.39, 0.29) is 6.04 Å². The van der Waals surface area contributed by atoms with Crippen LogP contribution in [0.4, 0.5) is 0 Å². The molecule has 1 N–H and O–H groups in total. The largest absolute Gasteiger partial charge is 0.308 e. The van der Waals surface area contributed by atoms with Gasteiger partial charge in [-0.3, -0.25) is 4.68 Å². The van der Waals surface area contributed by atoms with Gasteiger partial charge in [-0.1, -0.05) is 24.6 Å². The lowest BCUT2D eigenvalue weighted by Crippen LogP contribution is -2.21. The Morgan fingerprint density at radius 2 is 2.21 bits per heavy atom. The summed E-state index contributed by atoms with van der Waals surface area (Å²) in [4.78, 5) is 0. The minimum Gasteiger partial charge on any atom is -0.308 e. The number of nitrogens with zero attached hydrogens (tertiary/aromatic N) is 2. The Hall–Kier alpha value is -0.840. The molecule has 5 heteroatoms. The van der Waals surface area contributed by atoms with Gasteiger partial charge in [0.2, 0.25) is 0 Å². The van der Waals surface area contributed by atoms with Crippen LogP contribution in [0, 0.1) is 0 Å². The Morgan fingerprint density at radius 1 is 1.42 bits per heavy atom. The van der Waals surface area contributed by atoms with E-state index in [1.807, 2.05) is 36.1 Å².